The normalized spacial score (nSPS) is 14.1. The van der Waals surface area contributed by atoms with Crippen molar-refractivity contribution in [1.82, 2.24) is 19.9 Å². The molecule has 4 heterocycles. The van der Waals surface area contributed by atoms with E-state index in [1.54, 1.807) is 24.7 Å². The molecule has 0 N–H and O–H groups in total. The van der Waals surface area contributed by atoms with Gasteiger partial charge in [-0.05, 0) is 30.3 Å². The maximum atomic E-state index is 6.10. The lowest BCUT2D eigenvalue weighted by Gasteiger charge is -2.39. The molecule has 0 amide bonds. The van der Waals surface area contributed by atoms with Gasteiger partial charge in [0.25, 0.3) is 0 Å². The molecule has 0 radical (unpaired) electrons. The number of hydrogen-bond donors (Lipinski definition) is 0. The summed E-state index contributed by atoms with van der Waals surface area (Å²) in [6.45, 7) is 1.50. The van der Waals surface area contributed by atoms with E-state index in [9.17, 15) is 0 Å². The molecule has 1 fully saturated rings. The molecule has 7 heteroatoms. The highest BCUT2D eigenvalue weighted by atomic mass is 35.5. The maximum absolute atomic E-state index is 6.10. The zero-order chi connectivity index (χ0) is 18.9. The number of halogens is 1. The van der Waals surface area contributed by atoms with Crippen LogP contribution in [0.3, 0.4) is 0 Å². The number of benzene rings is 1. The zero-order valence-electron chi connectivity index (χ0n) is 14.9. The Morgan fingerprint density at radius 1 is 0.929 bits per heavy atom. The smallest absolute Gasteiger partial charge is 0.241 e. The van der Waals surface area contributed by atoms with Crippen molar-refractivity contribution in [3.63, 3.8) is 0 Å². The number of anilines is 1. The molecule has 0 spiro atoms. The molecule has 28 heavy (non-hydrogen) atoms. The molecule has 0 bridgehead atoms. The van der Waals surface area contributed by atoms with E-state index in [1.165, 1.54) is 0 Å². The second kappa shape index (κ2) is 7.05. The lowest BCUT2D eigenvalue weighted by Crippen LogP contribution is -2.54. The summed E-state index contributed by atoms with van der Waals surface area (Å²) in [5.74, 6) is 1.46. The number of hydrogen-bond acceptors (Lipinski definition) is 6. The lowest BCUT2D eigenvalue weighted by atomic mass is 10.1. The van der Waals surface area contributed by atoms with Gasteiger partial charge < -0.3 is 9.64 Å². The summed E-state index contributed by atoms with van der Waals surface area (Å²) in [6.07, 6.45) is 4.97. The van der Waals surface area contributed by atoms with Gasteiger partial charge in [-0.3, -0.25) is 0 Å². The van der Waals surface area contributed by atoms with Gasteiger partial charge in [-0.25, -0.2) is 19.9 Å². The van der Waals surface area contributed by atoms with E-state index in [0.717, 1.165) is 35.4 Å². The monoisotopic (exact) mass is 389 g/mol. The van der Waals surface area contributed by atoms with Gasteiger partial charge in [-0.1, -0.05) is 29.8 Å². The molecule has 5 rings (SSSR count). The average Bonchev–Trinajstić information content (AvgIpc) is 2.71. The Bertz CT molecular complexity index is 1130. The Morgan fingerprint density at radius 3 is 2.64 bits per heavy atom. The molecule has 1 aromatic carbocycles. The summed E-state index contributed by atoms with van der Waals surface area (Å²) < 4.78 is 6.10. The molecule has 1 aliphatic rings. The van der Waals surface area contributed by atoms with Crippen LogP contribution in [0.15, 0.2) is 67.1 Å². The van der Waals surface area contributed by atoms with Crippen molar-refractivity contribution in [1.29, 1.82) is 0 Å². The minimum absolute atomic E-state index is 0.0315. The standard InChI is InChI=1S/C21H16ClN5O/c22-18-7-5-15(11-25-18)20-21(24-10-9-23-20)28-16-12-27(13-16)19-8-6-14-3-1-2-4-17(14)26-19/h1-11,16H,12-13H2. The molecule has 6 nitrogen and oxygen atoms in total. The van der Waals surface area contributed by atoms with Crippen LogP contribution in [0.5, 0.6) is 5.88 Å². The van der Waals surface area contributed by atoms with E-state index in [2.05, 4.69) is 32.0 Å². The third kappa shape index (κ3) is 3.23. The van der Waals surface area contributed by atoms with Crippen LogP contribution in [0.2, 0.25) is 5.15 Å². The molecular weight excluding hydrogens is 374 g/mol. The summed E-state index contributed by atoms with van der Waals surface area (Å²) in [4.78, 5) is 19.8. The fourth-order valence-corrected chi connectivity index (χ4v) is 3.33. The van der Waals surface area contributed by atoms with Crippen LogP contribution in [0, 0.1) is 0 Å². The predicted octanol–water partition coefficient (Wildman–Crippen LogP) is 4.01. The Labute approximate surface area is 166 Å². The Balaban J connectivity index is 1.30. The highest BCUT2D eigenvalue weighted by molar-refractivity contribution is 6.29. The summed E-state index contributed by atoms with van der Waals surface area (Å²) in [5, 5.41) is 1.58. The van der Waals surface area contributed by atoms with Gasteiger partial charge in [-0.15, -0.1) is 0 Å². The number of rotatable bonds is 4. The van der Waals surface area contributed by atoms with E-state index in [4.69, 9.17) is 21.3 Å². The zero-order valence-corrected chi connectivity index (χ0v) is 15.6. The molecule has 0 unspecified atom stereocenters. The van der Waals surface area contributed by atoms with Crippen molar-refractivity contribution in [2.24, 2.45) is 0 Å². The van der Waals surface area contributed by atoms with Crippen molar-refractivity contribution >= 4 is 28.3 Å². The van der Waals surface area contributed by atoms with Gasteiger partial charge in [0.15, 0.2) is 0 Å². The maximum Gasteiger partial charge on any atom is 0.241 e. The summed E-state index contributed by atoms with van der Waals surface area (Å²) >= 11 is 5.88. The highest BCUT2D eigenvalue weighted by Gasteiger charge is 2.31. The van der Waals surface area contributed by atoms with Crippen LogP contribution in [-0.2, 0) is 0 Å². The van der Waals surface area contributed by atoms with Crippen molar-refractivity contribution in [2.45, 2.75) is 6.10 Å². The highest BCUT2D eigenvalue weighted by Crippen LogP contribution is 2.29. The van der Waals surface area contributed by atoms with Gasteiger partial charge in [0.1, 0.15) is 22.8 Å². The molecule has 0 aliphatic carbocycles. The van der Waals surface area contributed by atoms with Gasteiger partial charge in [0, 0.05) is 29.5 Å². The quantitative estimate of drug-likeness (QED) is 0.491. The van der Waals surface area contributed by atoms with Crippen LogP contribution in [0.1, 0.15) is 0 Å². The summed E-state index contributed by atoms with van der Waals surface area (Å²) in [7, 11) is 0. The third-order valence-corrected chi connectivity index (χ3v) is 4.92. The number of nitrogens with zero attached hydrogens (tertiary/aromatic N) is 5. The Morgan fingerprint density at radius 2 is 1.79 bits per heavy atom. The first-order valence-corrected chi connectivity index (χ1v) is 9.34. The second-order valence-electron chi connectivity index (χ2n) is 6.59. The molecule has 138 valence electrons. The van der Waals surface area contributed by atoms with Gasteiger partial charge >= 0.3 is 0 Å². The molecule has 0 atom stereocenters. The molecule has 1 aliphatic heterocycles. The minimum Gasteiger partial charge on any atom is -0.469 e. The first kappa shape index (κ1) is 16.9. The van der Waals surface area contributed by atoms with Crippen molar-refractivity contribution in [3.05, 3.63) is 72.3 Å². The number of ether oxygens (including phenoxy) is 1. The van der Waals surface area contributed by atoms with Gasteiger partial charge in [0.05, 0.1) is 18.6 Å². The summed E-state index contributed by atoms with van der Waals surface area (Å²) in [5.41, 5.74) is 2.48. The molecule has 3 aromatic heterocycles. The molecular formula is C21H16ClN5O. The van der Waals surface area contributed by atoms with E-state index in [-0.39, 0.29) is 6.10 Å². The van der Waals surface area contributed by atoms with Crippen molar-refractivity contribution in [2.75, 3.05) is 18.0 Å². The fraction of sp³-hybridized carbons (Fsp3) is 0.143. The minimum atomic E-state index is 0.0315. The van der Waals surface area contributed by atoms with Gasteiger partial charge in [0.2, 0.25) is 5.88 Å². The van der Waals surface area contributed by atoms with E-state index in [1.807, 2.05) is 30.3 Å². The first-order chi connectivity index (χ1) is 13.8. The van der Waals surface area contributed by atoms with Crippen LogP contribution in [0.4, 0.5) is 5.82 Å². The number of fused-ring (bicyclic) bond motifs is 1. The predicted molar refractivity (Wildman–Crippen MR) is 109 cm³/mol. The lowest BCUT2D eigenvalue weighted by molar-refractivity contribution is 0.160. The largest absolute Gasteiger partial charge is 0.469 e. The second-order valence-corrected chi connectivity index (χ2v) is 6.97. The molecule has 4 aromatic rings. The van der Waals surface area contributed by atoms with Crippen LogP contribution in [0.25, 0.3) is 22.2 Å². The van der Waals surface area contributed by atoms with Crippen molar-refractivity contribution in [3.8, 4) is 17.1 Å². The number of para-hydroxylation sites is 1. The van der Waals surface area contributed by atoms with E-state index in [0.29, 0.717) is 16.7 Å². The third-order valence-electron chi connectivity index (χ3n) is 4.70. The topological polar surface area (TPSA) is 64.0 Å². The fourth-order valence-electron chi connectivity index (χ4n) is 3.21. The van der Waals surface area contributed by atoms with Crippen LogP contribution in [-0.4, -0.2) is 39.1 Å². The van der Waals surface area contributed by atoms with Crippen molar-refractivity contribution < 1.29 is 4.74 Å². The molecule has 1 saturated heterocycles. The SMILES string of the molecule is Clc1ccc(-c2nccnc2OC2CN(c3ccc4ccccc4n3)C2)cn1. The Kier molecular flexibility index (Phi) is 4.25. The number of pyridine rings is 2. The number of aromatic nitrogens is 4. The van der Waals surface area contributed by atoms with E-state index < -0.39 is 0 Å². The van der Waals surface area contributed by atoms with Gasteiger partial charge in [-0.2, -0.15) is 0 Å². The first-order valence-electron chi connectivity index (χ1n) is 8.96. The van der Waals surface area contributed by atoms with Crippen LogP contribution < -0.4 is 9.64 Å². The van der Waals surface area contributed by atoms with E-state index >= 15 is 0 Å². The Hall–Kier alpha value is -3.25. The van der Waals surface area contributed by atoms with Crippen LogP contribution >= 0.6 is 11.6 Å². The average molecular weight is 390 g/mol. The molecule has 0 saturated carbocycles. The summed E-state index contributed by atoms with van der Waals surface area (Å²) in [6, 6.07) is 15.8.